The summed E-state index contributed by atoms with van der Waals surface area (Å²) in [4.78, 5) is 40.4. The molecule has 3 aliphatic rings. The molecule has 1 unspecified atom stereocenters. The van der Waals surface area contributed by atoms with Crippen LogP contribution in [0.1, 0.15) is 73.6 Å². The van der Waals surface area contributed by atoms with Gasteiger partial charge in [-0.1, -0.05) is 5.92 Å². The molecule has 3 fully saturated rings. The van der Waals surface area contributed by atoms with Crippen molar-refractivity contribution in [2.75, 3.05) is 6.54 Å². The standard InChI is InChI=1S/C24H27NO3/c1-4-5-17-10-15(2)22(16(3)11-17)23-19(26)13-24(14-20(23)27)8-9-25-18(12-24)6-7-21(25)28/h10-11,18,23H,6-9,12-14H2,1-3H3. The number of amides is 1. The third-order valence-electron chi connectivity index (χ3n) is 6.90. The number of aryl methyl sites for hydroxylation is 2. The molecule has 2 aliphatic heterocycles. The number of benzene rings is 1. The Morgan fingerprint density at radius 1 is 1.07 bits per heavy atom. The maximum Gasteiger partial charge on any atom is 0.222 e. The number of nitrogens with zero attached hydrogens (tertiary/aromatic N) is 1. The molecule has 2 heterocycles. The van der Waals surface area contributed by atoms with Crippen LogP contribution < -0.4 is 0 Å². The maximum atomic E-state index is 13.2. The summed E-state index contributed by atoms with van der Waals surface area (Å²) in [5.41, 5.74) is 3.49. The normalized spacial score (nSPS) is 29.7. The highest BCUT2D eigenvalue weighted by atomic mass is 16.2. The Hall–Kier alpha value is -2.41. The van der Waals surface area contributed by atoms with Crippen LogP contribution in [0.5, 0.6) is 0 Å². The van der Waals surface area contributed by atoms with E-state index in [1.54, 1.807) is 6.92 Å². The first-order chi connectivity index (χ1) is 13.3. The van der Waals surface area contributed by atoms with Gasteiger partial charge in [-0.15, -0.1) is 5.92 Å². The van der Waals surface area contributed by atoms with Crippen molar-refractivity contribution in [1.29, 1.82) is 0 Å². The zero-order valence-corrected chi connectivity index (χ0v) is 16.9. The molecule has 1 spiro atoms. The Morgan fingerprint density at radius 3 is 2.32 bits per heavy atom. The van der Waals surface area contributed by atoms with E-state index in [0.29, 0.717) is 25.8 Å². The van der Waals surface area contributed by atoms with E-state index in [-0.39, 0.29) is 28.9 Å². The van der Waals surface area contributed by atoms with Gasteiger partial charge in [0.1, 0.15) is 17.5 Å². The van der Waals surface area contributed by atoms with E-state index < -0.39 is 5.92 Å². The maximum absolute atomic E-state index is 13.2. The lowest BCUT2D eigenvalue weighted by molar-refractivity contribution is -0.140. The Balaban J connectivity index is 1.60. The van der Waals surface area contributed by atoms with Crippen LogP contribution in [0.25, 0.3) is 0 Å². The van der Waals surface area contributed by atoms with Crippen molar-refractivity contribution in [3.8, 4) is 11.8 Å². The van der Waals surface area contributed by atoms with Crippen molar-refractivity contribution in [3.05, 3.63) is 34.4 Å². The summed E-state index contributed by atoms with van der Waals surface area (Å²) < 4.78 is 0. The molecular formula is C24H27NO3. The molecule has 1 saturated carbocycles. The molecule has 4 nitrogen and oxygen atoms in total. The molecule has 1 amide bonds. The average Bonchev–Trinajstić information content (AvgIpc) is 2.97. The van der Waals surface area contributed by atoms with Crippen LogP contribution in [-0.2, 0) is 14.4 Å². The molecule has 4 heteroatoms. The fraction of sp³-hybridized carbons (Fsp3) is 0.542. The predicted octanol–water partition coefficient (Wildman–Crippen LogP) is 3.46. The molecule has 1 atom stereocenters. The van der Waals surface area contributed by atoms with Crippen LogP contribution in [0.2, 0.25) is 0 Å². The fourth-order valence-electron chi connectivity index (χ4n) is 5.75. The van der Waals surface area contributed by atoms with E-state index in [0.717, 1.165) is 41.5 Å². The van der Waals surface area contributed by atoms with E-state index in [4.69, 9.17) is 0 Å². The van der Waals surface area contributed by atoms with Crippen LogP contribution in [0, 0.1) is 31.1 Å². The van der Waals surface area contributed by atoms with Gasteiger partial charge in [-0.2, -0.15) is 0 Å². The molecule has 0 radical (unpaired) electrons. The van der Waals surface area contributed by atoms with Crippen LogP contribution in [0.15, 0.2) is 12.1 Å². The first-order valence-corrected chi connectivity index (χ1v) is 10.2. The molecule has 0 bridgehead atoms. The average molecular weight is 377 g/mol. The lowest BCUT2D eigenvalue weighted by Gasteiger charge is -2.46. The molecular weight excluding hydrogens is 350 g/mol. The van der Waals surface area contributed by atoms with E-state index in [9.17, 15) is 14.4 Å². The number of hydrogen-bond donors (Lipinski definition) is 0. The Labute approximate surface area is 166 Å². The van der Waals surface area contributed by atoms with Gasteiger partial charge in [0.05, 0.1) is 0 Å². The highest BCUT2D eigenvalue weighted by molar-refractivity contribution is 6.10. The monoisotopic (exact) mass is 377 g/mol. The van der Waals surface area contributed by atoms with Gasteiger partial charge in [-0.25, -0.2) is 0 Å². The summed E-state index contributed by atoms with van der Waals surface area (Å²) in [5, 5.41) is 0. The molecule has 146 valence electrons. The molecule has 1 aliphatic carbocycles. The number of hydrogen-bond acceptors (Lipinski definition) is 3. The lowest BCUT2D eigenvalue weighted by atomic mass is 9.61. The summed E-state index contributed by atoms with van der Waals surface area (Å²) >= 11 is 0. The predicted molar refractivity (Wildman–Crippen MR) is 107 cm³/mol. The Bertz CT molecular complexity index is 892. The third kappa shape index (κ3) is 3.07. The minimum absolute atomic E-state index is 0.0505. The first kappa shape index (κ1) is 18.9. The second kappa shape index (κ2) is 6.88. The summed E-state index contributed by atoms with van der Waals surface area (Å²) in [6.07, 6.45) is 3.95. The molecule has 2 saturated heterocycles. The van der Waals surface area contributed by atoms with Gasteiger partial charge in [0.25, 0.3) is 0 Å². The minimum atomic E-state index is -0.641. The first-order valence-electron chi connectivity index (χ1n) is 10.2. The van der Waals surface area contributed by atoms with Crippen LogP contribution >= 0.6 is 0 Å². The van der Waals surface area contributed by atoms with Crippen molar-refractivity contribution < 1.29 is 14.4 Å². The van der Waals surface area contributed by atoms with Crippen molar-refractivity contribution in [3.63, 3.8) is 0 Å². The van der Waals surface area contributed by atoms with E-state index in [1.807, 2.05) is 30.9 Å². The quantitative estimate of drug-likeness (QED) is 0.556. The summed E-state index contributed by atoms with van der Waals surface area (Å²) in [7, 11) is 0. The number of piperidine rings is 1. The molecule has 0 N–H and O–H groups in total. The van der Waals surface area contributed by atoms with E-state index in [2.05, 4.69) is 11.8 Å². The van der Waals surface area contributed by atoms with Crippen molar-refractivity contribution in [2.24, 2.45) is 5.41 Å². The molecule has 28 heavy (non-hydrogen) atoms. The van der Waals surface area contributed by atoms with Crippen LogP contribution in [-0.4, -0.2) is 35.0 Å². The van der Waals surface area contributed by atoms with Gasteiger partial charge >= 0.3 is 0 Å². The van der Waals surface area contributed by atoms with Gasteiger partial charge in [-0.3, -0.25) is 14.4 Å². The number of ketones is 2. The Kier molecular flexibility index (Phi) is 4.65. The topological polar surface area (TPSA) is 54.5 Å². The summed E-state index contributed by atoms with van der Waals surface area (Å²) in [6, 6.07) is 4.17. The van der Waals surface area contributed by atoms with Crippen LogP contribution in [0.3, 0.4) is 0 Å². The highest BCUT2D eigenvalue weighted by Gasteiger charge is 2.51. The molecule has 4 rings (SSSR count). The SMILES string of the molecule is CC#Cc1cc(C)c(C2C(=O)CC3(CCN4C(=O)CCC4C3)CC2=O)c(C)c1. The number of fused-ring (bicyclic) bond motifs is 1. The zero-order valence-electron chi connectivity index (χ0n) is 16.9. The van der Waals surface area contributed by atoms with Crippen LogP contribution in [0.4, 0.5) is 0 Å². The number of carbonyl (C=O) groups is 3. The number of rotatable bonds is 1. The van der Waals surface area contributed by atoms with Gasteiger partial charge in [0.15, 0.2) is 0 Å². The Morgan fingerprint density at radius 2 is 1.71 bits per heavy atom. The van der Waals surface area contributed by atoms with Crippen molar-refractivity contribution >= 4 is 17.5 Å². The molecule has 0 aromatic heterocycles. The van der Waals surface area contributed by atoms with E-state index >= 15 is 0 Å². The summed E-state index contributed by atoms with van der Waals surface area (Å²) in [6.45, 7) is 6.43. The minimum Gasteiger partial charge on any atom is -0.340 e. The summed E-state index contributed by atoms with van der Waals surface area (Å²) in [5.74, 6) is 5.65. The highest BCUT2D eigenvalue weighted by Crippen LogP contribution is 2.49. The number of carbonyl (C=O) groups excluding carboxylic acids is 3. The molecule has 1 aromatic carbocycles. The second-order valence-corrected chi connectivity index (χ2v) is 8.85. The van der Waals surface area contributed by atoms with Crippen molar-refractivity contribution in [1.82, 2.24) is 4.90 Å². The van der Waals surface area contributed by atoms with Gasteiger partial charge in [0, 0.05) is 37.4 Å². The third-order valence-corrected chi connectivity index (χ3v) is 6.90. The van der Waals surface area contributed by atoms with E-state index in [1.165, 1.54) is 0 Å². The number of Topliss-reactive ketones (excluding diaryl/α,β-unsaturated/α-hetero) is 2. The lowest BCUT2D eigenvalue weighted by Crippen LogP contribution is -2.50. The molecule has 1 aromatic rings. The smallest absolute Gasteiger partial charge is 0.222 e. The van der Waals surface area contributed by atoms with Gasteiger partial charge < -0.3 is 4.90 Å². The van der Waals surface area contributed by atoms with Gasteiger partial charge in [-0.05, 0) is 74.3 Å². The fourth-order valence-corrected chi connectivity index (χ4v) is 5.75. The zero-order chi connectivity index (χ0) is 20.1. The largest absolute Gasteiger partial charge is 0.340 e. The second-order valence-electron chi connectivity index (χ2n) is 8.85. The van der Waals surface area contributed by atoms with Gasteiger partial charge in [0.2, 0.25) is 5.91 Å². The van der Waals surface area contributed by atoms with Crippen molar-refractivity contribution in [2.45, 2.75) is 71.3 Å².